The lowest BCUT2D eigenvalue weighted by atomic mass is 10.1. The second kappa shape index (κ2) is 11.6. The number of Topliss-reactive ketones (excluding diaryl/α,β-unsaturated/α-hetero) is 1. The summed E-state index contributed by atoms with van der Waals surface area (Å²) in [4.78, 5) is 29.5. The van der Waals surface area contributed by atoms with E-state index in [1.54, 1.807) is 0 Å². The molecule has 0 saturated carbocycles. The molecule has 1 amide bonds. The van der Waals surface area contributed by atoms with Crippen LogP contribution in [0.2, 0.25) is 5.02 Å². The zero-order valence-electron chi connectivity index (χ0n) is 18.6. The SMILES string of the molecule is COc1cc(C(=O)NCC(=O)c2ccc(OC)c(-c3ccc(F)c(Cl)c3)n2)ccc1OCC(F)F. The fraction of sp³-hybridized carbons (Fsp3) is 0.208. The Kier molecular flexibility index (Phi) is 8.53. The number of halogens is 4. The molecule has 3 rings (SSSR count). The van der Waals surface area contributed by atoms with Gasteiger partial charge in [0.05, 0.1) is 25.8 Å². The summed E-state index contributed by atoms with van der Waals surface area (Å²) in [5.74, 6) is -1.22. The molecule has 1 N–H and O–H groups in total. The number of hydrogen-bond acceptors (Lipinski definition) is 6. The number of pyridine rings is 1. The van der Waals surface area contributed by atoms with E-state index in [1.165, 1.54) is 62.8 Å². The zero-order valence-corrected chi connectivity index (χ0v) is 19.4. The van der Waals surface area contributed by atoms with Crippen molar-refractivity contribution in [3.05, 3.63) is 70.6 Å². The number of aromatic nitrogens is 1. The van der Waals surface area contributed by atoms with E-state index in [-0.39, 0.29) is 40.0 Å². The maximum atomic E-state index is 13.5. The van der Waals surface area contributed by atoms with Gasteiger partial charge in [0.25, 0.3) is 12.3 Å². The predicted molar refractivity (Wildman–Crippen MR) is 122 cm³/mol. The molecule has 0 fully saturated rings. The van der Waals surface area contributed by atoms with Gasteiger partial charge in [-0.3, -0.25) is 9.59 Å². The van der Waals surface area contributed by atoms with Crippen LogP contribution in [0.4, 0.5) is 13.2 Å². The molecule has 35 heavy (non-hydrogen) atoms. The summed E-state index contributed by atoms with van der Waals surface area (Å²) in [6, 6.07) is 10.9. The van der Waals surface area contributed by atoms with Gasteiger partial charge in [0.15, 0.2) is 17.3 Å². The number of benzene rings is 2. The van der Waals surface area contributed by atoms with Crippen LogP contribution in [0.15, 0.2) is 48.5 Å². The van der Waals surface area contributed by atoms with Gasteiger partial charge in [0, 0.05) is 11.1 Å². The minimum atomic E-state index is -2.67. The predicted octanol–water partition coefficient (Wildman–Crippen LogP) is 4.81. The first-order valence-corrected chi connectivity index (χ1v) is 10.5. The second-order valence-corrected chi connectivity index (χ2v) is 7.46. The van der Waals surface area contributed by atoms with Crippen molar-refractivity contribution in [1.29, 1.82) is 0 Å². The van der Waals surface area contributed by atoms with Gasteiger partial charge in [-0.15, -0.1) is 0 Å². The van der Waals surface area contributed by atoms with Crippen LogP contribution in [-0.4, -0.2) is 50.5 Å². The third kappa shape index (κ3) is 6.42. The Balaban J connectivity index is 1.73. The quantitative estimate of drug-likeness (QED) is 0.395. The average Bonchev–Trinajstić information content (AvgIpc) is 2.86. The molecule has 3 aromatic rings. The van der Waals surface area contributed by atoms with Crippen LogP contribution < -0.4 is 19.5 Å². The zero-order chi connectivity index (χ0) is 25.5. The third-order valence-electron chi connectivity index (χ3n) is 4.76. The van der Waals surface area contributed by atoms with E-state index < -0.39 is 30.5 Å². The molecular weight excluding hydrogens is 489 g/mol. The topological polar surface area (TPSA) is 86.8 Å². The van der Waals surface area contributed by atoms with Gasteiger partial charge in [-0.25, -0.2) is 18.2 Å². The summed E-state index contributed by atoms with van der Waals surface area (Å²) < 4.78 is 53.6. The average molecular weight is 509 g/mol. The molecule has 2 aromatic carbocycles. The molecule has 0 aliphatic heterocycles. The van der Waals surface area contributed by atoms with E-state index >= 15 is 0 Å². The molecule has 11 heteroatoms. The van der Waals surface area contributed by atoms with Crippen molar-refractivity contribution in [2.75, 3.05) is 27.4 Å². The normalized spacial score (nSPS) is 10.7. The first-order chi connectivity index (χ1) is 16.7. The Labute approximate surface area is 203 Å². The maximum Gasteiger partial charge on any atom is 0.272 e. The molecule has 0 aliphatic carbocycles. The standard InChI is InChI=1S/C24H20ClF3N2O5/c1-33-20-8-6-17(30-23(20)13-3-5-16(26)15(25)9-13)18(31)11-29-24(32)14-4-7-19(21(10-14)34-2)35-12-22(27)28/h3-10,22H,11-12H2,1-2H3,(H,29,32). The Morgan fingerprint density at radius 2 is 1.71 bits per heavy atom. The van der Waals surface area contributed by atoms with Crippen LogP contribution in [-0.2, 0) is 0 Å². The van der Waals surface area contributed by atoms with Crippen LogP contribution in [0.3, 0.4) is 0 Å². The number of ketones is 1. The van der Waals surface area contributed by atoms with Gasteiger partial charge in [-0.05, 0) is 48.5 Å². The minimum absolute atomic E-state index is 0.0369. The second-order valence-electron chi connectivity index (χ2n) is 7.05. The number of alkyl halides is 2. The maximum absolute atomic E-state index is 13.5. The van der Waals surface area contributed by atoms with Gasteiger partial charge in [-0.2, -0.15) is 0 Å². The molecule has 0 unspecified atom stereocenters. The van der Waals surface area contributed by atoms with E-state index in [1.807, 2.05) is 0 Å². The first-order valence-electron chi connectivity index (χ1n) is 10.1. The van der Waals surface area contributed by atoms with E-state index in [2.05, 4.69) is 10.3 Å². The summed E-state index contributed by atoms with van der Waals surface area (Å²) in [7, 11) is 2.72. The van der Waals surface area contributed by atoms with Crippen molar-refractivity contribution in [1.82, 2.24) is 10.3 Å². The molecule has 0 radical (unpaired) electrons. The summed E-state index contributed by atoms with van der Waals surface area (Å²) in [6.07, 6.45) is -2.67. The van der Waals surface area contributed by atoms with Crippen LogP contribution in [0.25, 0.3) is 11.3 Å². The Bertz CT molecular complexity index is 1240. The van der Waals surface area contributed by atoms with Crippen molar-refractivity contribution in [3.63, 3.8) is 0 Å². The van der Waals surface area contributed by atoms with Crippen molar-refractivity contribution in [3.8, 4) is 28.5 Å². The molecule has 0 spiro atoms. The van der Waals surface area contributed by atoms with Crippen LogP contribution in [0.1, 0.15) is 20.8 Å². The molecule has 7 nitrogen and oxygen atoms in total. The summed E-state index contributed by atoms with van der Waals surface area (Å²) in [5, 5.41) is 2.36. The highest BCUT2D eigenvalue weighted by Gasteiger charge is 2.17. The number of hydrogen-bond donors (Lipinski definition) is 1. The number of nitrogens with one attached hydrogen (secondary N) is 1. The lowest BCUT2D eigenvalue weighted by molar-refractivity contribution is 0.0803. The number of amides is 1. The fourth-order valence-corrected chi connectivity index (χ4v) is 3.23. The Morgan fingerprint density at radius 3 is 2.37 bits per heavy atom. The van der Waals surface area contributed by atoms with E-state index in [0.29, 0.717) is 11.3 Å². The monoisotopic (exact) mass is 508 g/mol. The Morgan fingerprint density at radius 1 is 1.00 bits per heavy atom. The minimum Gasteiger partial charge on any atom is -0.494 e. The van der Waals surface area contributed by atoms with E-state index in [0.717, 1.165) is 0 Å². The number of methoxy groups -OCH3 is 2. The van der Waals surface area contributed by atoms with Crippen molar-refractivity contribution in [2.45, 2.75) is 6.43 Å². The van der Waals surface area contributed by atoms with Crippen LogP contribution in [0.5, 0.6) is 17.2 Å². The summed E-state index contributed by atoms with van der Waals surface area (Å²) >= 11 is 5.86. The third-order valence-corrected chi connectivity index (χ3v) is 5.05. The number of ether oxygens (including phenoxy) is 3. The molecule has 1 aromatic heterocycles. The summed E-state index contributed by atoms with van der Waals surface area (Å²) in [6.45, 7) is -1.20. The summed E-state index contributed by atoms with van der Waals surface area (Å²) in [5.41, 5.74) is 0.877. The molecule has 1 heterocycles. The Hall–Kier alpha value is -3.79. The van der Waals surface area contributed by atoms with Gasteiger partial charge in [-0.1, -0.05) is 11.6 Å². The van der Waals surface area contributed by atoms with Crippen LogP contribution >= 0.6 is 11.6 Å². The molecule has 184 valence electrons. The molecular formula is C24H20ClF3N2O5. The van der Waals surface area contributed by atoms with Gasteiger partial charge in [0.1, 0.15) is 29.6 Å². The fourth-order valence-electron chi connectivity index (χ4n) is 3.05. The smallest absolute Gasteiger partial charge is 0.272 e. The van der Waals surface area contributed by atoms with Gasteiger partial charge >= 0.3 is 0 Å². The molecule has 0 bridgehead atoms. The molecule has 0 atom stereocenters. The number of carbonyl (C=O) groups is 2. The highest BCUT2D eigenvalue weighted by Crippen LogP contribution is 2.31. The first kappa shape index (κ1) is 25.8. The molecule has 0 saturated heterocycles. The lowest BCUT2D eigenvalue weighted by Gasteiger charge is -2.12. The van der Waals surface area contributed by atoms with Crippen molar-refractivity contribution < 1.29 is 37.0 Å². The number of carbonyl (C=O) groups excluding carboxylic acids is 2. The van der Waals surface area contributed by atoms with Crippen LogP contribution in [0, 0.1) is 5.82 Å². The van der Waals surface area contributed by atoms with Crippen molar-refractivity contribution in [2.24, 2.45) is 0 Å². The highest BCUT2D eigenvalue weighted by molar-refractivity contribution is 6.31. The van der Waals surface area contributed by atoms with Gasteiger partial charge in [0.2, 0.25) is 0 Å². The number of nitrogens with zero attached hydrogens (tertiary/aromatic N) is 1. The number of rotatable bonds is 10. The van der Waals surface area contributed by atoms with E-state index in [9.17, 15) is 22.8 Å². The molecule has 0 aliphatic rings. The largest absolute Gasteiger partial charge is 0.494 e. The van der Waals surface area contributed by atoms with Gasteiger partial charge < -0.3 is 19.5 Å². The highest BCUT2D eigenvalue weighted by atomic mass is 35.5. The van der Waals surface area contributed by atoms with E-state index in [4.69, 9.17) is 25.8 Å². The lowest BCUT2D eigenvalue weighted by Crippen LogP contribution is -2.30. The van der Waals surface area contributed by atoms with Crippen molar-refractivity contribution >= 4 is 23.3 Å².